The fraction of sp³-hybridized carbons (Fsp3) is 0.429. The molecule has 1 atom stereocenters. The molecular formula is C14H20N2O3. The molecule has 0 fully saturated rings. The fourth-order valence-electron chi connectivity index (χ4n) is 1.91. The Morgan fingerprint density at radius 1 is 1.42 bits per heavy atom. The number of carboxylic acid groups (broad SMARTS) is 1. The van der Waals surface area contributed by atoms with Crippen LogP contribution < -0.4 is 11.1 Å². The molecule has 0 aromatic heterocycles. The number of amides is 1. The molecule has 0 radical (unpaired) electrons. The summed E-state index contributed by atoms with van der Waals surface area (Å²) in [4.78, 5) is 23.4. The lowest BCUT2D eigenvalue weighted by Gasteiger charge is -2.26. The molecule has 4 N–H and O–H groups in total. The Morgan fingerprint density at radius 2 is 2.05 bits per heavy atom. The van der Waals surface area contributed by atoms with Crippen LogP contribution in [0.4, 0.5) is 5.69 Å². The molecule has 5 nitrogen and oxygen atoms in total. The Balaban J connectivity index is 3.00. The summed E-state index contributed by atoms with van der Waals surface area (Å²) in [6, 6.07) is 5.09. The van der Waals surface area contributed by atoms with Crippen LogP contribution in [-0.4, -0.2) is 22.5 Å². The van der Waals surface area contributed by atoms with Gasteiger partial charge in [0.15, 0.2) is 0 Å². The van der Waals surface area contributed by atoms with Gasteiger partial charge in [-0.05, 0) is 32.4 Å². The minimum atomic E-state index is -1.28. The normalized spacial score (nSPS) is 13.6. The predicted octanol–water partition coefficient (Wildman–Crippen LogP) is 1.95. The number of anilines is 1. The van der Waals surface area contributed by atoms with Crippen molar-refractivity contribution >= 4 is 17.6 Å². The van der Waals surface area contributed by atoms with Gasteiger partial charge in [0.1, 0.15) is 5.54 Å². The average Bonchev–Trinajstić information content (AvgIpc) is 2.32. The third kappa shape index (κ3) is 3.47. The van der Waals surface area contributed by atoms with Gasteiger partial charge in [-0.2, -0.15) is 0 Å². The SMILES string of the molecule is CCCC(C)(NC(=O)c1cc(C)ccc1N)C(=O)O. The molecule has 104 valence electrons. The smallest absolute Gasteiger partial charge is 0.329 e. The zero-order chi connectivity index (χ0) is 14.6. The lowest BCUT2D eigenvalue weighted by atomic mass is 9.95. The number of rotatable bonds is 5. The number of nitrogens with one attached hydrogen (secondary N) is 1. The highest BCUT2D eigenvalue weighted by Crippen LogP contribution is 2.18. The largest absolute Gasteiger partial charge is 0.480 e. The van der Waals surface area contributed by atoms with Crippen molar-refractivity contribution in [2.45, 2.75) is 39.2 Å². The second-order valence-corrected chi connectivity index (χ2v) is 4.93. The van der Waals surface area contributed by atoms with E-state index in [0.29, 0.717) is 24.1 Å². The summed E-state index contributed by atoms with van der Waals surface area (Å²) < 4.78 is 0. The number of nitrogens with two attached hydrogens (primary N) is 1. The van der Waals surface area contributed by atoms with E-state index in [4.69, 9.17) is 5.73 Å². The summed E-state index contributed by atoms with van der Waals surface area (Å²) in [5.41, 5.74) is 6.02. The van der Waals surface area contributed by atoms with E-state index in [2.05, 4.69) is 5.32 Å². The summed E-state index contributed by atoms with van der Waals surface area (Å²) in [7, 11) is 0. The van der Waals surface area contributed by atoms with Crippen LogP contribution in [0.3, 0.4) is 0 Å². The topological polar surface area (TPSA) is 92.4 Å². The number of carbonyl (C=O) groups excluding carboxylic acids is 1. The molecule has 0 spiro atoms. The Kier molecular flexibility index (Phi) is 4.53. The van der Waals surface area contributed by atoms with Crippen molar-refractivity contribution in [3.8, 4) is 0 Å². The van der Waals surface area contributed by atoms with Crippen molar-refractivity contribution in [2.75, 3.05) is 5.73 Å². The summed E-state index contributed by atoms with van der Waals surface area (Å²) in [5, 5.41) is 11.8. The monoisotopic (exact) mass is 264 g/mol. The number of carboxylic acids is 1. The van der Waals surface area contributed by atoms with Gasteiger partial charge in [0.2, 0.25) is 0 Å². The summed E-state index contributed by atoms with van der Waals surface area (Å²) in [5.74, 6) is -1.51. The van der Waals surface area contributed by atoms with Gasteiger partial charge < -0.3 is 16.2 Å². The summed E-state index contributed by atoms with van der Waals surface area (Å²) >= 11 is 0. The zero-order valence-corrected chi connectivity index (χ0v) is 11.5. The molecule has 0 saturated carbocycles. The van der Waals surface area contributed by atoms with Gasteiger partial charge in [0.25, 0.3) is 5.91 Å². The molecule has 1 amide bonds. The molecule has 1 aromatic rings. The minimum Gasteiger partial charge on any atom is -0.480 e. The van der Waals surface area contributed by atoms with E-state index >= 15 is 0 Å². The van der Waals surface area contributed by atoms with Gasteiger partial charge >= 0.3 is 5.97 Å². The molecule has 1 rings (SSSR count). The van der Waals surface area contributed by atoms with Crippen molar-refractivity contribution in [3.05, 3.63) is 29.3 Å². The first-order chi connectivity index (χ1) is 8.80. The first-order valence-corrected chi connectivity index (χ1v) is 6.22. The number of hydrogen-bond donors (Lipinski definition) is 3. The number of hydrogen-bond acceptors (Lipinski definition) is 3. The number of benzene rings is 1. The number of aliphatic carboxylic acids is 1. The van der Waals surface area contributed by atoms with E-state index < -0.39 is 17.4 Å². The van der Waals surface area contributed by atoms with Crippen LogP contribution in [0.1, 0.15) is 42.6 Å². The molecule has 0 heterocycles. The van der Waals surface area contributed by atoms with Crippen LogP contribution in [0.5, 0.6) is 0 Å². The van der Waals surface area contributed by atoms with Gasteiger partial charge in [-0.25, -0.2) is 4.79 Å². The first kappa shape index (κ1) is 15.0. The van der Waals surface area contributed by atoms with Crippen LogP contribution in [0.25, 0.3) is 0 Å². The van der Waals surface area contributed by atoms with Gasteiger partial charge in [0.05, 0.1) is 5.56 Å². The molecular weight excluding hydrogens is 244 g/mol. The van der Waals surface area contributed by atoms with Crippen LogP contribution in [-0.2, 0) is 4.79 Å². The number of nitrogen functional groups attached to an aromatic ring is 1. The van der Waals surface area contributed by atoms with E-state index in [1.165, 1.54) is 6.92 Å². The Labute approximate surface area is 112 Å². The number of aryl methyl sites for hydroxylation is 1. The van der Waals surface area contributed by atoms with Crippen molar-refractivity contribution in [1.29, 1.82) is 0 Å². The molecule has 0 aliphatic heterocycles. The Hall–Kier alpha value is -2.04. The molecule has 0 aliphatic carbocycles. The molecule has 0 saturated heterocycles. The quantitative estimate of drug-likeness (QED) is 0.709. The Morgan fingerprint density at radius 3 is 2.58 bits per heavy atom. The maximum absolute atomic E-state index is 12.2. The van der Waals surface area contributed by atoms with E-state index in [1.807, 2.05) is 13.8 Å². The van der Waals surface area contributed by atoms with E-state index in [-0.39, 0.29) is 0 Å². The van der Waals surface area contributed by atoms with Gasteiger partial charge in [-0.3, -0.25) is 4.79 Å². The van der Waals surface area contributed by atoms with Crippen LogP contribution in [0, 0.1) is 6.92 Å². The summed E-state index contributed by atoms with van der Waals surface area (Å²) in [6.07, 6.45) is 1.02. The van der Waals surface area contributed by atoms with E-state index in [9.17, 15) is 14.7 Å². The highest BCUT2D eigenvalue weighted by molar-refractivity contribution is 6.01. The van der Waals surface area contributed by atoms with Crippen molar-refractivity contribution in [1.82, 2.24) is 5.32 Å². The second-order valence-electron chi connectivity index (χ2n) is 4.93. The lowest BCUT2D eigenvalue weighted by Crippen LogP contribution is -2.52. The van der Waals surface area contributed by atoms with E-state index in [1.54, 1.807) is 18.2 Å². The van der Waals surface area contributed by atoms with E-state index in [0.717, 1.165) is 5.56 Å². The average molecular weight is 264 g/mol. The third-order valence-electron chi connectivity index (χ3n) is 3.06. The summed E-state index contributed by atoms with van der Waals surface area (Å²) in [6.45, 7) is 5.22. The third-order valence-corrected chi connectivity index (χ3v) is 3.06. The van der Waals surface area contributed by atoms with Gasteiger partial charge in [-0.15, -0.1) is 0 Å². The van der Waals surface area contributed by atoms with Crippen molar-refractivity contribution < 1.29 is 14.7 Å². The van der Waals surface area contributed by atoms with Crippen LogP contribution in [0.15, 0.2) is 18.2 Å². The standard InChI is InChI=1S/C14H20N2O3/c1-4-7-14(3,13(18)19)16-12(17)10-8-9(2)5-6-11(10)15/h5-6,8H,4,7,15H2,1-3H3,(H,16,17)(H,18,19). The predicted molar refractivity (Wildman–Crippen MR) is 74.0 cm³/mol. The molecule has 1 aromatic carbocycles. The highest BCUT2D eigenvalue weighted by Gasteiger charge is 2.34. The van der Waals surface area contributed by atoms with Crippen LogP contribution >= 0.6 is 0 Å². The maximum Gasteiger partial charge on any atom is 0.329 e. The van der Waals surface area contributed by atoms with Crippen molar-refractivity contribution in [3.63, 3.8) is 0 Å². The molecule has 0 aliphatic rings. The first-order valence-electron chi connectivity index (χ1n) is 6.22. The Bertz CT molecular complexity index is 499. The minimum absolute atomic E-state index is 0.309. The molecule has 0 bridgehead atoms. The second kappa shape index (κ2) is 5.73. The maximum atomic E-state index is 12.2. The zero-order valence-electron chi connectivity index (χ0n) is 11.5. The number of carbonyl (C=O) groups is 2. The van der Waals surface area contributed by atoms with Crippen LogP contribution in [0.2, 0.25) is 0 Å². The fourth-order valence-corrected chi connectivity index (χ4v) is 1.91. The van der Waals surface area contributed by atoms with Crippen molar-refractivity contribution in [2.24, 2.45) is 0 Å². The highest BCUT2D eigenvalue weighted by atomic mass is 16.4. The molecule has 5 heteroatoms. The van der Waals surface area contributed by atoms with Gasteiger partial charge in [-0.1, -0.05) is 25.0 Å². The molecule has 19 heavy (non-hydrogen) atoms. The molecule has 1 unspecified atom stereocenters. The lowest BCUT2D eigenvalue weighted by molar-refractivity contribution is -0.144. The van der Waals surface area contributed by atoms with Gasteiger partial charge in [0, 0.05) is 5.69 Å².